The first-order valence-electron chi connectivity index (χ1n) is 19.7. The Morgan fingerprint density at radius 2 is 0.877 bits per heavy atom. The van der Waals surface area contributed by atoms with Gasteiger partial charge in [0.15, 0.2) is 0 Å². The van der Waals surface area contributed by atoms with Crippen molar-refractivity contribution in [1.29, 1.82) is 0 Å². The average molecular weight is 726 g/mol. The van der Waals surface area contributed by atoms with Crippen molar-refractivity contribution in [2.24, 2.45) is 0 Å². The van der Waals surface area contributed by atoms with E-state index in [1.54, 1.807) is 0 Å². The van der Waals surface area contributed by atoms with E-state index in [0.29, 0.717) is 0 Å². The van der Waals surface area contributed by atoms with Gasteiger partial charge in [-0.15, -0.1) is 0 Å². The standard InChI is InChI=1S/C55H35NO/c1-2-15-37(16-3-1)40-17-7-12-26-50(40)56(39-32-29-36(30-33-39)38-31-34-53-45(35-38)43-20-8-13-28-52(43)57-53)51-27-14-25-49-54(51)44-21-6-11-24-48(44)55(49)46-22-9-4-18-41(46)42-19-5-10-23-47(42)55/h1-35H. The maximum atomic E-state index is 6.17. The summed E-state index contributed by atoms with van der Waals surface area (Å²) in [4.78, 5) is 2.49. The lowest BCUT2D eigenvalue weighted by molar-refractivity contribution is 0.669. The van der Waals surface area contributed by atoms with E-state index in [1.807, 2.05) is 12.1 Å². The van der Waals surface area contributed by atoms with Gasteiger partial charge in [-0.3, -0.25) is 0 Å². The number of furan rings is 1. The number of hydrogen-bond donors (Lipinski definition) is 0. The van der Waals surface area contributed by atoms with Crippen LogP contribution in [0.25, 0.3) is 66.4 Å². The summed E-state index contributed by atoms with van der Waals surface area (Å²) >= 11 is 0. The molecule has 10 aromatic rings. The molecule has 57 heavy (non-hydrogen) atoms. The third-order valence-corrected chi connectivity index (χ3v) is 12.3. The Hall–Kier alpha value is -7.42. The number of benzene rings is 9. The summed E-state index contributed by atoms with van der Waals surface area (Å²) in [7, 11) is 0. The second-order valence-corrected chi connectivity index (χ2v) is 15.2. The molecule has 2 aliphatic rings. The summed E-state index contributed by atoms with van der Waals surface area (Å²) in [6.07, 6.45) is 0. The SMILES string of the molecule is c1ccc(-c2ccccc2N(c2ccc(-c3ccc4oc5ccccc5c4c3)cc2)c2cccc3c2-c2ccccc2C32c3ccccc3-c3ccccc32)cc1. The highest BCUT2D eigenvalue weighted by Crippen LogP contribution is 2.64. The highest BCUT2D eigenvalue weighted by atomic mass is 16.3. The first kappa shape index (κ1) is 31.9. The molecule has 0 unspecified atom stereocenters. The van der Waals surface area contributed by atoms with Crippen molar-refractivity contribution < 1.29 is 4.42 Å². The molecular formula is C55H35NO. The number of rotatable bonds is 5. The molecular weight excluding hydrogens is 691 g/mol. The minimum Gasteiger partial charge on any atom is -0.456 e. The molecule has 12 rings (SSSR count). The molecule has 0 saturated heterocycles. The van der Waals surface area contributed by atoms with E-state index in [9.17, 15) is 0 Å². The van der Waals surface area contributed by atoms with Gasteiger partial charge >= 0.3 is 0 Å². The molecule has 0 saturated carbocycles. The Morgan fingerprint density at radius 3 is 1.63 bits per heavy atom. The molecule has 0 aliphatic heterocycles. The molecule has 1 heterocycles. The molecule has 0 atom stereocenters. The second kappa shape index (κ2) is 12.3. The zero-order valence-electron chi connectivity index (χ0n) is 31.1. The van der Waals surface area contributed by atoms with Crippen molar-refractivity contribution in [2.45, 2.75) is 5.41 Å². The van der Waals surface area contributed by atoms with Crippen LogP contribution in [0.15, 0.2) is 217 Å². The van der Waals surface area contributed by atoms with Crippen LogP contribution in [-0.4, -0.2) is 0 Å². The summed E-state index contributed by atoms with van der Waals surface area (Å²) in [5.74, 6) is 0. The predicted octanol–water partition coefficient (Wildman–Crippen LogP) is 14.7. The van der Waals surface area contributed by atoms with Gasteiger partial charge < -0.3 is 9.32 Å². The van der Waals surface area contributed by atoms with Crippen LogP contribution in [0.5, 0.6) is 0 Å². The Labute approximate surface area is 331 Å². The van der Waals surface area contributed by atoms with Crippen molar-refractivity contribution >= 4 is 39.0 Å². The Kier molecular flexibility index (Phi) is 6.88. The summed E-state index contributed by atoms with van der Waals surface area (Å²) in [6, 6.07) is 77.6. The first-order chi connectivity index (χ1) is 28.3. The van der Waals surface area contributed by atoms with E-state index < -0.39 is 5.41 Å². The number of anilines is 3. The molecule has 9 aromatic carbocycles. The van der Waals surface area contributed by atoms with E-state index in [0.717, 1.165) is 50.1 Å². The van der Waals surface area contributed by atoms with E-state index in [4.69, 9.17) is 4.42 Å². The molecule has 2 nitrogen and oxygen atoms in total. The Morgan fingerprint density at radius 1 is 0.333 bits per heavy atom. The van der Waals surface area contributed by atoms with Crippen LogP contribution in [0.3, 0.4) is 0 Å². The number of nitrogens with zero attached hydrogens (tertiary/aromatic N) is 1. The highest BCUT2D eigenvalue weighted by molar-refractivity contribution is 6.06. The maximum absolute atomic E-state index is 6.17. The van der Waals surface area contributed by atoms with Crippen molar-refractivity contribution in [3.8, 4) is 44.5 Å². The van der Waals surface area contributed by atoms with Crippen LogP contribution in [0.1, 0.15) is 22.3 Å². The first-order valence-corrected chi connectivity index (χ1v) is 19.7. The van der Waals surface area contributed by atoms with E-state index in [-0.39, 0.29) is 0 Å². The van der Waals surface area contributed by atoms with Crippen molar-refractivity contribution in [3.63, 3.8) is 0 Å². The van der Waals surface area contributed by atoms with Gasteiger partial charge in [0.25, 0.3) is 0 Å². The fraction of sp³-hybridized carbons (Fsp3) is 0.0182. The molecule has 0 amide bonds. The fourth-order valence-electron chi connectivity index (χ4n) is 9.96. The number of para-hydroxylation sites is 2. The fourth-order valence-corrected chi connectivity index (χ4v) is 9.96. The molecule has 0 radical (unpaired) electrons. The molecule has 0 N–H and O–H groups in total. The lowest BCUT2D eigenvalue weighted by Gasteiger charge is -2.32. The van der Waals surface area contributed by atoms with Crippen LogP contribution >= 0.6 is 0 Å². The highest BCUT2D eigenvalue weighted by Gasteiger charge is 2.52. The maximum Gasteiger partial charge on any atom is 0.135 e. The lowest BCUT2D eigenvalue weighted by atomic mass is 9.70. The normalized spacial score (nSPS) is 13.1. The molecule has 2 heteroatoms. The monoisotopic (exact) mass is 725 g/mol. The molecule has 0 bridgehead atoms. The van der Waals surface area contributed by atoms with Gasteiger partial charge in [-0.2, -0.15) is 0 Å². The zero-order valence-corrected chi connectivity index (χ0v) is 31.1. The summed E-state index contributed by atoms with van der Waals surface area (Å²) < 4.78 is 6.17. The quantitative estimate of drug-likeness (QED) is 0.176. The number of fused-ring (bicyclic) bond motifs is 13. The summed E-state index contributed by atoms with van der Waals surface area (Å²) in [5.41, 5.74) is 19.9. The Balaban J connectivity index is 1.10. The lowest BCUT2D eigenvalue weighted by Crippen LogP contribution is -2.26. The zero-order chi connectivity index (χ0) is 37.5. The topological polar surface area (TPSA) is 16.4 Å². The number of hydrogen-bond acceptors (Lipinski definition) is 2. The summed E-state index contributed by atoms with van der Waals surface area (Å²) in [5, 5.41) is 2.27. The van der Waals surface area contributed by atoms with Crippen LogP contribution < -0.4 is 4.90 Å². The molecule has 1 spiro atoms. The largest absolute Gasteiger partial charge is 0.456 e. The second-order valence-electron chi connectivity index (χ2n) is 15.2. The third kappa shape index (κ3) is 4.53. The van der Waals surface area contributed by atoms with Crippen LogP contribution in [-0.2, 0) is 5.41 Å². The van der Waals surface area contributed by atoms with Crippen molar-refractivity contribution in [2.75, 3.05) is 4.90 Å². The van der Waals surface area contributed by atoms with Crippen LogP contribution in [0.4, 0.5) is 17.1 Å². The van der Waals surface area contributed by atoms with Gasteiger partial charge in [0.05, 0.1) is 16.8 Å². The van der Waals surface area contributed by atoms with Crippen LogP contribution in [0, 0.1) is 0 Å². The minimum atomic E-state index is -0.431. The van der Waals surface area contributed by atoms with Crippen molar-refractivity contribution in [1.82, 2.24) is 0 Å². The molecule has 1 aromatic heterocycles. The summed E-state index contributed by atoms with van der Waals surface area (Å²) in [6.45, 7) is 0. The van der Waals surface area contributed by atoms with E-state index >= 15 is 0 Å². The smallest absolute Gasteiger partial charge is 0.135 e. The van der Waals surface area contributed by atoms with Gasteiger partial charge in [0, 0.05) is 27.6 Å². The molecule has 2 aliphatic carbocycles. The van der Waals surface area contributed by atoms with Crippen molar-refractivity contribution in [3.05, 3.63) is 235 Å². The van der Waals surface area contributed by atoms with Gasteiger partial charge in [-0.1, -0.05) is 170 Å². The average Bonchev–Trinajstić information content (AvgIpc) is 3.91. The Bertz CT molecular complexity index is 3140. The third-order valence-electron chi connectivity index (χ3n) is 12.3. The molecule has 266 valence electrons. The molecule has 0 fully saturated rings. The predicted molar refractivity (Wildman–Crippen MR) is 236 cm³/mol. The van der Waals surface area contributed by atoms with Gasteiger partial charge in [-0.05, 0) is 98.1 Å². The van der Waals surface area contributed by atoms with Gasteiger partial charge in [-0.25, -0.2) is 0 Å². The minimum absolute atomic E-state index is 0.431. The van der Waals surface area contributed by atoms with Gasteiger partial charge in [0.2, 0.25) is 0 Å². The van der Waals surface area contributed by atoms with E-state index in [2.05, 4.69) is 205 Å². The van der Waals surface area contributed by atoms with E-state index in [1.165, 1.54) is 55.6 Å². The van der Waals surface area contributed by atoms with Crippen LogP contribution in [0.2, 0.25) is 0 Å². The van der Waals surface area contributed by atoms with Gasteiger partial charge in [0.1, 0.15) is 11.2 Å².